The van der Waals surface area contributed by atoms with Crippen LogP contribution in [0.4, 0.5) is 5.13 Å². The molecule has 4 heterocycles. The minimum absolute atomic E-state index is 0.736. The number of fused-ring (bicyclic) bond motifs is 1. The third kappa shape index (κ3) is 3.69. The SMILES string of the molecule is c1cnn(-c2ccc(Cc3cnc(N4CCc5ccc(-c6nc[nH]n6)cc5C4)s3)cc2)c1. The van der Waals surface area contributed by atoms with Gasteiger partial charge >= 0.3 is 0 Å². The monoisotopic (exact) mass is 439 g/mol. The fraction of sp³-hybridized carbons (Fsp3) is 0.167. The van der Waals surface area contributed by atoms with Crippen molar-refractivity contribution >= 4 is 16.5 Å². The van der Waals surface area contributed by atoms with Gasteiger partial charge in [0, 0.05) is 48.5 Å². The molecule has 158 valence electrons. The Labute approximate surface area is 189 Å². The summed E-state index contributed by atoms with van der Waals surface area (Å²) in [4.78, 5) is 12.7. The van der Waals surface area contributed by atoms with E-state index in [9.17, 15) is 0 Å². The Balaban J connectivity index is 1.16. The summed E-state index contributed by atoms with van der Waals surface area (Å²) >= 11 is 1.78. The third-order valence-corrected chi connectivity index (χ3v) is 6.85. The summed E-state index contributed by atoms with van der Waals surface area (Å²) in [6, 6.07) is 17.0. The van der Waals surface area contributed by atoms with Crippen molar-refractivity contribution in [3.05, 3.63) is 95.0 Å². The molecule has 0 unspecified atom stereocenters. The molecule has 1 aliphatic rings. The Hall–Kier alpha value is -3.78. The van der Waals surface area contributed by atoms with Crippen molar-refractivity contribution in [3.63, 3.8) is 0 Å². The zero-order chi connectivity index (χ0) is 21.3. The molecule has 1 N–H and O–H groups in total. The van der Waals surface area contributed by atoms with Gasteiger partial charge in [0.15, 0.2) is 11.0 Å². The van der Waals surface area contributed by atoms with Crippen LogP contribution in [-0.4, -0.2) is 36.5 Å². The Kier molecular flexibility index (Phi) is 4.77. The predicted molar refractivity (Wildman–Crippen MR) is 125 cm³/mol. The van der Waals surface area contributed by atoms with Crippen molar-refractivity contribution < 1.29 is 0 Å². The van der Waals surface area contributed by atoms with Crippen LogP contribution in [0.2, 0.25) is 0 Å². The van der Waals surface area contributed by atoms with Crippen molar-refractivity contribution in [2.45, 2.75) is 19.4 Å². The Morgan fingerprint density at radius 2 is 1.97 bits per heavy atom. The van der Waals surface area contributed by atoms with E-state index >= 15 is 0 Å². The zero-order valence-electron chi connectivity index (χ0n) is 17.3. The molecule has 0 saturated heterocycles. The lowest BCUT2D eigenvalue weighted by atomic mass is 9.97. The lowest BCUT2D eigenvalue weighted by Gasteiger charge is -2.28. The van der Waals surface area contributed by atoms with Crippen molar-refractivity contribution in [1.82, 2.24) is 29.9 Å². The molecule has 0 aliphatic carbocycles. The molecular weight excluding hydrogens is 418 g/mol. The highest BCUT2D eigenvalue weighted by Gasteiger charge is 2.20. The van der Waals surface area contributed by atoms with E-state index in [4.69, 9.17) is 4.98 Å². The number of H-pyrrole nitrogens is 1. The maximum Gasteiger partial charge on any atom is 0.185 e. The summed E-state index contributed by atoms with van der Waals surface area (Å²) < 4.78 is 1.87. The topological polar surface area (TPSA) is 75.5 Å². The first kappa shape index (κ1) is 18.9. The first-order valence-corrected chi connectivity index (χ1v) is 11.4. The van der Waals surface area contributed by atoms with E-state index in [0.717, 1.165) is 48.1 Å². The average molecular weight is 440 g/mol. The second-order valence-electron chi connectivity index (χ2n) is 7.88. The largest absolute Gasteiger partial charge is 0.343 e. The minimum Gasteiger partial charge on any atom is -0.343 e. The number of anilines is 1. The highest BCUT2D eigenvalue weighted by Crippen LogP contribution is 2.31. The van der Waals surface area contributed by atoms with Crippen LogP contribution in [0.5, 0.6) is 0 Å². The van der Waals surface area contributed by atoms with E-state index in [2.05, 4.69) is 67.6 Å². The summed E-state index contributed by atoms with van der Waals surface area (Å²) in [5.74, 6) is 0.736. The van der Waals surface area contributed by atoms with E-state index in [1.54, 1.807) is 23.9 Å². The van der Waals surface area contributed by atoms with E-state index in [-0.39, 0.29) is 0 Å². The van der Waals surface area contributed by atoms with Crippen LogP contribution < -0.4 is 4.90 Å². The van der Waals surface area contributed by atoms with Crippen LogP contribution in [-0.2, 0) is 19.4 Å². The quantitative estimate of drug-likeness (QED) is 0.443. The molecule has 1 aliphatic heterocycles. The number of hydrogen-bond donors (Lipinski definition) is 1. The van der Waals surface area contributed by atoms with Gasteiger partial charge in [-0.2, -0.15) is 10.2 Å². The fourth-order valence-corrected chi connectivity index (χ4v) is 5.09. The van der Waals surface area contributed by atoms with E-state index in [1.165, 1.54) is 21.6 Å². The predicted octanol–water partition coefficient (Wildman–Crippen LogP) is 4.27. The number of nitrogens with one attached hydrogen (secondary N) is 1. The van der Waals surface area contributed by atoms with Gasteiger partial charge in [0.05, 0.1) is 5.69 Å². The molecule has 3 aromatic heterocycles. The molecule has 0 atom stereocenters. The van der Waals surface area contributed by atoms with Crippen LogP contribution in [0, 0.1) is 0 Å². The number of rotatable bonds is 5. The van der Waals surface area contributed by atoms with Gasteiger partial charge in [-0.1, -0.05) is 24.3 Å². The van der Waals surface area contributed by atoms with E-state index < -0.39 is 0 Å². The average Bonchev–Trinajstić information content (AvgIpc) is 3.62. The number of aromatic nitrogens is 6. The van der Waals surface area contributed by atoms with Crippen LogP contribution in [0.3, 0.4) is 0 Å². The van der Waals surface area contributed by atoms with Gasteiger partial charge in [-0.05, 0) is 47.4 Å². The fourth-order valence-electron chi connectivity index (χ4n) is 4.12. The lowest BCUT2D eigenvalue weighted by Crippen LogP contribution is -2.30. The van der Waals surface area contributed by atoms with Crippen LogP contribution in [0.25, 0.3) is 17.1 Å². The first-order chi connectivity index (χ1) is 15.8. The summed E-state index contributed by atoms with van der Waals surface area (Å²) in [6.45, 7) is 1.84. The molecule has 0 saturated carbocycles. The number of thiazole rings is 1. The maximum absolute atomic E-state index is 4.74. The van der Waals surface area contributed by atoms with Crippen LogP contribution in [0.1, 0.15) is 21.6 Å². The van der Waals surface area contributed by atoms with Gasteiger partial charge < -0.3 is 4.90 Å². The molecule has 0 radical (unpaired) electrons. The van der Waals surface area contributed by atoms with Gasteiger partial charge in [0.25, 0.3) is 0 Å². The highest BCUT2D eigenvalue weighted by atomic mass is 32.1. The molecular formula is C24H21N7S. The maximum atomic E-state index is 4.74. The second-order valence-corrected chi connectivity index (χ2v) is 8.97. The van der Waals surface area contributed by atoms with Gasteiger partial charge in [0.1, 0.15) is 6.33 Å². The molecule has 2 aromatic carbocycles. The first-order valence-electron chi connectivity index (χ1n) is 10.6. The Morgan fingerprint density at radius 1 is 1.03 bits per heavy atom. The van der Waals surface area contributed by atoms with Gasteiger partial charge in [-0.15, -0.1) is 11.3 Å². The van der Waals surface area contributed by atoms with Crippen molar-refractivity contribution in [3.8, 4) is 17.1 Å². The number of benzene rings is 2. The molecule has 7 nitrogen and oxygen atoms in total. The summed E-state index contributed by atoms with van der Waals surface area (Å²) in [7, 11) is 0. The third-order valence-electron chi connectivity index (χ3n) is 5.79. The standard InChI is InChI=1S/C24H21N7S/c1-9-28-31(10-1)21-6-2-17(3-7-21)12-22-14-25-24(32-22)30-11-8-18-4-5-19(13-20(18)15-30)23-26-16-27-29-23/h1-7,9-10,13-14,16H,8,11-12,15H2,(H,26,27,29). The van der Waals surface area contributed by atoms with Crippen molar-refractivity contribution in [2.75, 3.05) is 11.4 Å². The Morgan fingerprint density at radius 3 is 2.78 bits per heavy atom. The summed E-state index contributed by atoms with van der Waals surface area (Å²) in [5.41, 5.74) is 6.11. The highest BCUT2D eigenvalue weighted by molar-refractivity contribution is 7.15. The van der Waals surface area contributed by atoms with Crippen molar-refractivity contribution in [1.29, 1.82) is 0 Å². The second kappa shape index (κ2) is 8.05. The number of nitrogens with zero attached hydrogens (tertiary/aromatic N) is 6. The number of hydrogen-bond acceptors (Lipinski definition) is 6. The molecule has 0 bridgehead atoms. The molecule has 32 heavy (non-hydrogen) atoms. The van der Waals surface area contributed by atoms with Crippen LogP contribution >= 0.6 is 11.3 Å². The van der Waals surface area contributed by atoms with Crippen molar-refractivity contribution in [2.24, 2.45) is 0 Å². The molecule has 0 fully saturated rings. The van der Waals surface area contributed by atoms with Gasteiger partial charge in [-0.3, -0.25) is 5.10 Å². The smallest absolute Gasteiger partial charge is 0.185 e. The number of aromatic amines is 1. The molecule has 5 aromatic rings. The van der Waals surface area contributed by atoms with Gasteiger partial charge in [0.2, 0.25) is 0 Å². The van der Waals surface area contributed by atoms with Crippen LogP contribution in [0.15, 0.2) is 73.4 Å². The lowest BCUT2D eigenvalue weighted by molar-refractivity contribution is 0.729. The molecule has 0 spiro atoms. The van der Waals surface area contributed by atoms with Gasteiger partial charge in [-0.25, -0.2) is 14.6 Å². The molecule has 6 rings (SSSR count). The van der Waals surface area contributed by atoms with E-state index in [0.29, 0.717) is 0 Å². The molecule has 0 amide bonds. The molecule has 8 heteroatoms. The zero-order valence-corrected chi connectivity index (χ0v) is 18.2. The van der Waals surface area contributed by atoms with E-state index in [1.807, 2.05) is 23.1 Å². The summed E-state index contributed by atoms with van der Waals surface area (Å²) in [6.07, 6.45) is 9.28. The minimum atomic E-state index is 0.736. The Bertz CT molecular complexity index is 1320. The summed E-state index contributed by atoms with van der Waals surface area (Å²) in [5, 5.41) is 12.4. The normalized spacial score (nSPS) is 13.3.